The molecular formula is C20H23IN2O3S. The maximum Gasteiger partial charge on any atom is 0.254 e. The van der Waals surface area contributed by atoms with Crippen molar-refractivity contribution in [1.82, 2.24) is 9.21 Å². The number of hydrogen-bond donors (Lipinski definition) is 0. The zero-order valence-corrected chi connectivity index (χ0v) is 18.4. The number of sulfonamides is 1. The number of likely N-dealkylation sites (tertiary alicyclic amines) is 1. The van der Waals surface area contributed by atoms with Gasteiger partial charge in [0.15, 0.2) is 0 Å². The summed E-state index contributed by atoms with van der Waals surface area (Å²) in [6.45, 7) is 1.36. The number of benzene rings is 2. The molecule has 0 N–H and O–H groups in total. The van der Waals surface area contributed by atoms with Crippen LogP contribution >= 0.6 is 22.6 Å². The van der Waals surface area contributed by atoms with Crippen molar-refractivity contribution in [2.75, 3.05) is 27.2 Å². The van der Waals surface area contributed by atoms with E-state index in [2.05, 4.69) is 34.7 Å². The minimum absolute atomic E-state index is 0.0956. The van der Waals surface area contributed by atoms with Crippen molar-refractivity contribution in [1.29, 1.82) is 0 Å². The van der Waals surface area contributed by atoms with Gasteiger partial charge in [-0.2, -0.15) is 0 Å². The van der Waals surface area contributed by atoms with Crippen molar-refractivity contribution < 1.29 is 13.2 Å². The van der Waals surface area contributed by atoms with Gasteiger partial charge < -0.3 is 4.90 Å². The topological polar surface area (TPSA) is 57.7 Å². The Labute approximate surface area is 174 Å². The molecule has 0 atom stereocenters. The summed E-state index contributed by atoms with van der Waals surface area (Å²) in [5.41, 5.74) is 1.77. The van der Waals surface area contributed by atoms with E-state index in [1.165, 1.54) is 25.7 Å². The van der Waals surface area contributed by atoms with Gasteiger partial charge >= 0.3 is 0 Å². The summed E-state index contributed by atoms with van der Waals surface area (Å²) in [7, 11) is -0.587. The predicted molar refractivity (Wildman–Crippen MR) is 114 cm³/mol. The lowest BCUT2D eigenvalue weighted by Gasteiger charge is -2.32. The lowest BCUT2D eigenvalue weighted by atomic mass is 9.89. The number of halogens is 1. The first-order valence-corrected chi connectivity index (χ1v) is 11.4. The molecule has 5 nitrogen and oxygen atoms in total. The minimum Gasteiger partial charge on any atom is -0.339 e. The van der Waals surface area contributed by atoms with Crippen LogP contribution in [0.1, 0.15) is 34.7 Å². The van der Waals surface area contributed by atoms with E-state index in [1.807, 2.05) is 23.1 Å². The van der Waals surface area contributed by atoms with Crippen LogP contribution in [-0.4, -0.2) is 50.7 Å². The molecule has 1 heterocycles. The summed E-state index contributed by atoms with van der Waals surface area (Å²) in [5.74, 6) is 0.372. The average Bonchev–Trinajstić information content (AvgIpc) is 2.68. The number of hydrogen-bond acceptors (Lipinski definition) is 3. The summed E-state index contributed by atoms with van der Waals surface area (Å²) in [6, 6.07) is 15.1. The van der Waals surface area contributed by atoms with Gasteiger partial charge in [-0.15, -0.1) is 0 Å². The molecule has 0 unspecified atom stereocenters. The lowest BCUT2D eigenvalue weighted by Crippen LogP contribution is -2.38. The van der Waals surface area contributed by atoms with Crippen LogP contribution in [0.3, 0.4) is 0 Å². The molecular weight excluding hydrogens is 475 g/mol. The molecule has 1 amide bonds. The molecule has 0 aromatic heterocycles. The Morgan fingerprint density at radius 3 is 2.30 bits per heavy atom. The first kappa shape index (κ1) is 20.3. The third-order valence-corrected chi connectivity index (χ3v) is 7.75. The van der Waals surface area contributed by atoms with Crippen LogP contribution in [0.5, 0.6) is 0 Å². The van der Waals surface area contributed by atoms with Crippen LogP contribution in [0, 0.1) is 3.57 Å². The van der Waals surface area contributed by atoms with Gasteiger partial charge in [0.25, 0.3) is 5.91 Å². The highest BCUT2D eigenvalue weighted by molar-refractivity contribution is 14.1. The molecule has 1 aliphatic heterocycles. The summed E-state index contributed by atoms with van der Waals surface area (Å²) in [4.78, 5) is 15.0. The predicted octanol–water partition coefficient (Wildman–Crippen LogP) is 3.56. The van der Waals surface area contributed by atoms with Gasteiger partial charge in [0.1, 0.15) is 0 Å². The van der Waals surface area contributed by atoms with Crippen molar-refractivity contribution in [3.05, 3.63) is 63.2 Å². The third-order valence-electron chi connectivity index (χ3n) is 5.00. The van der Waals surface area contributed by atoms with Gasteiger partial charge in [-0.25, -0.2) is 12.7 Å². The molecule has 0 aliphatic carbocycles. The minimum atomic E-state index is -3.57. The highest BCUT2D eigenvalue weighted by Crippen LogP contribution is 2.29. The van der Waals surface area contributed by atoms with E-state index in [4.69, 9.17) is 0 Å². The molecule has 144 valence electrons. The zero-order chi connectivity index (χ0) is 19.6. The van der Waals surface area contributed by atoms with Crippen LogP contribution in [0.25, 0.3) is 0 Å². The Kier molecular flexibility index (Phi) is 6.22. The lowest BCUT2D eigenvalue weighted by molar-refractivity contribution is 0.0711. The van der Waals surface area contributed by atoms with Gasteiger partial charge in [0.2, 0.25) is 10.0 Å². The molecule has 2 aromatic rings. The Balaban J connectivity index is 1.77. The number of amides is 1. The largest absolute Gasteiger partial charge is 0.339 e. The first-order valence-electron chi connectivity index (χ1n) is 8.87. The highest BCUT2D eigenvalue weighted by atomic mass is 127. The second kappa shape index (κ2) is 8.28. The quantitative estimate of drug-likeness (QED) is 0.606. The molecule has 1 fully saturated rings. The fraction of sp³-hybridized carbons (Fsp3) is 0.350. The van der Waals surface area contributed by atoms with E-state index in [9.17, 15) is 13.2 Å². The standard InChI is InChI=1S/C20H23IN2O3S/c1-22(2)27(25,26)17-8-9-19(21)18(14-17)20(24)23-12-10-16(11-13-23)15-6-4-3-5-7-15/h3-9,14,16H,10-13H2,1-2H3. The summed E-state index contributed by atoms with van der Waals surface area (Å²) >= 11 is 2.09. The number of rotatable bonds is 4. The van der Waals surface area contributed by atoms with Crippen LogP contribution in [0.4, 0.5) is 0 Å². The Bertz CT molecular complexity index is 921. The molecule has 7 heteroatoms. The molecule has 0 saturated carbocycles. The van der Waals surface area contributed by atoms with E-state index in [0.717, 1.165) is 20.7 Å². The maximum atomic E-state index is 13.0. The van der Waals surface area contributed by atoms with Crippen molar-refractivity contribution >= 4 is 38.5 Å². The van der Waals surface area contributed by atoms with E-state index in [0.29, 0.717) is 24.6 Å². The molecule has 0 bridgehead atoms. The van der Waals surface area contributed by atoms with Gasteiger partial charge in [0.05, 0.1) is 10.5 Å². The average molecular weight is 498 g/mol. The number of carbonyl (C=O) groups is 1. The van der Waals surface area contributed by atoms with Crippen molar-refractivity contribution in [2.24, 2.45) is 0 Å². The van der Waals surface area contributed by atoms with Gasteiger partial charge in [0, 0.05) is 30.8 Å². The van der Waals surface area contributed by atoms with E-state index in [1.54, 1.807) is 12.1 Å². The van der Waals surface area contributed by atoms with E-state index >= 15 is 0 Å². The second-order valence-electron chi connectivity index (χ2n) is 6.91. The zero-order valence-electron chi connectivity index (χ0n) is 15.4. The van der Waals surface area contributed by atoms with Crippen molar-refractivity contribution in [3.63, 3.8) is 0 Å². The van der Waals surface area contributed by atoms with Crippen molar-refractivity contribution in [3.8, 4) is 0 Å². The highest BCUT2D eigenvalue weighted by Gasteiger charge is 2.27. The SMILES string of the molecule is CN(C)S(=O)(=O)c1ccc(I)c(C(=O)N2CCC(c3ccccc3)CC2)c1. The molecule has 27 heavy (non-hydrogen) atoms. The molecule has 1 aliphatic rings. The Morgan fingerprint density at radius 2 is 1.70 bits per heavy atom. The number of nitrogens with zero attached hydrogens (tertiary/aromatic N) is 2. The second-order valence-corrected chi connectivity index (χ2v) is 10.2. The first-order chi connectivity index (χ1) is 12.8. The van der Waals surface area contributed by atoms with Crippen LogP contribution in [0.2, 0.25) is 0 Å². The molecule has 1 saturated heterocycles. The summed E-state index contributed by atoms with van der Waals surface area (Å²) in [5, 5.41) is 0. The maximum absolute atomic E-state index is 13.0. The molecule has 3 rings (SSSR count). The Morgan fingerprint density at radius 1 is 1.07 bits per heavy atom. The van der Waals surface area contributed by atoms with Crippen molar-refractivity contribution in [2.45, 2.75) is 23.7 Å². The smallest absolute Gasteiger partial charge is 0.254 e. The van der Waals surface area contributed by atoms with Gasteiger partial charge in [-0.1, -0.05) is 30.3 Å². The van der Waals surface area contributed by atoms with Crippen LogP contribution < -0.4 is 0 Å². The number of piperidine rings is 1. The fourth-order valence-corrected chi connectivity index (χ4v) is 4.85. The van der Waals surface area contributed by atoms with Gasteiger partial charge in [-0.05, 0) is 65.1 Å². The molecule has 2 aromatic carbocycles. The van der Waals surface area contributed by atoms with Gasteiger partial charge in [-0.3, -0.25) is 4.79 Å². The molecule has 0 radical (unpaired) electrons. The third kappa shape index (κ3) is 4.35. The molecule has 0 spiro atoms. The summed E-state index contributed by atoms with van der Waals surface area (Å²) in [6.07, 6.45) is 1.84. The fourth-order valence-electron chi connectivity index (χ4n) is 3.35. The number of carbonyl (C=O) groups excluding carboxylic acids is 1. The Hall–Kier alpha value is -1.45. The van der Waals surface area contributed by atoms with Crippen LogP contribution in [0.15, 0.2) is 53.4 Å². The van der Waals surface area contributed by atoms with E-state index < -0.39 is 10.0 Å². The van der Waals surface area contributed by atoms with Crippen LogP contribution in [-0.2, 0) is 10.0 Å². The van der Waals surface area contributed by atoms with E-state index in [-0.39, 0.29) is 10.8 Å². The normalized spacial score (nSPS) is 15.9. The summed E-state index contributed by atoms with van der Waals surface area (Å²) < 4.78 is 26.7. The monoisotopic (exact) mass is 498 g/mol.